The van der Waals surface area contributed by atoms with E-state index in [9.17, 15) is 4.39 Å². The van der Waals surface area contributed by atoms with Gasteiger partial charge in [0, 0.05) is 21.5 Å². The van der Waals surface area contributed by atoms with Gasteiger partial charge < -0.3 is 5.32 Å². The highest BCUT2D eigenvalue weighted by Gasteiger charge is 2.06. The third-order valence-corrected chi connectivity index (χ3v) is 3.83. The molecule has 0 radical (unpaired) electrons. The third-order valence-electron chi connectivity index (χ3n) is 2.88. The number of nitrogens with one attached hydrogen (secondary N) is 1. The highest BCUT2D eigenvalue weighted by atomic mass is 79.9. The summed E-state index contributed by atoms with van der Waals surface area (Å²) in [6.45, 7) is 2.72. The van der Waals surface area contributed by atoms with Crippen LogP contribution in [0, 0.1) is 5.82 Å². The van der Waals surface area contributed by atoms with Crippen molar-refractivity contribution in [3.05, 3.63) is 68.4 Å². The quantitative estimate of drug-likeness (QED) is 0.761. The van der Waals surface area contributed by atoms with Gasteiger partial charge >= 0.3 is 0 Å². The van der Waals surface area contributed by atoms with Gasteiger partial charge in [-0.25, -0.2) is 4.39 Å². The molecule has 0 saturated carbocycles. The van der Waals surface area contributed by atoms with Crippen LogP contribution in [-0.2, 0) is 6.54 Å². The van der Waals surface area contributed by atoms with Crippen molar-refractivity contribution in [2.45, 2.75) is 19.5 Å². The Morgan fingerprint density at radius 1 is 1.11 bits per heavy atom. The van der Waals surface area contributed by atoms with Crippen LogP contribution in [0.1, 0.15) is 24.1 Å². The van der Waals surface area contributed by atoms with Gasteiger partial charge in [-0.15, -0.1) is 0 Å². The molecule has 1 N–H and O–H groups in total. The molecular formula is C15H14Br2FN. The second-order valence-corrected chi connectivity index (χ2v) is 6.27. The summed E-state index contributed by atoms with van der Waals surface area (Å²) < 4.78 is 15.1. The van der Waals surface area contributed by atoms with E-state index < -0.39 is 0 Å². The molecule has 0 heterocycles. The van der Waals surface area contributed by atoms with Crippen LogP contribution in [0.3, 0.4) is 0 Å². The molecule has 2 aromatic rings. The van der Waals surface area contributed by atoms with Crippen molar-refractivity contribution in [2.75, 3.05) is 0 Å². The number of hydrogen-bond acceptors (Lipinski definition) is 1. The molecule has 0 aliphatic heterocycles. The van der Waals surface area contributed by atoms with E-state index in [-0.39, 0.29) is 11.9 Å². The molecule has 1 atom stereocenters. The van der Waals surface area contributed by atoms with Gasteiger partial charge in [0.2, 0.25) is 0 Å². The first-order valence-corrected chi connectivity index (χ1v) is 7.57. The summed E-state index contributed by atoms with van der Waals surface area (Å²) >= 11 is 6.76. The van der Waals surface area contributed by atoms with E-state index in [2.05, 4.69) is 56.2 Å². The molecule has 4 heteroatoms. The minimum absolute atomic E-state index is 0.208. The molecule has 0 saturated heterocycles. The normalized spacial score (nSPS) is 12.4. The van der Waals surface area contributed by atoms with Crippen molar-refractivity contribution < 1.29 is 4.39 Å². The molecule has 0 aliphatic rings. The minimum Gasteiger partial charge on any atom is -0.306 e. The summed E-state index contributed by atoms with van der Waals surface area (Å²) in [6.07, 6.45) is 0. The maximum atomic E-state index is 13.3. The monoisotopic (exact) mass is 385 g/mol. The Labute approximate surface area is 129 Å². The number of rotatable bonds is 4. The van der Waals surface area contributed by atoms with E-state index in [1.807, 2.05) is 18.2 Å². The Morgan fingerprint density at radius 2 is 1.89 bits per heavy atom. The lowest BCUT2D eigenvalue weighted by atomic mass is 10.1. The van der Waals surface area contributed by atoms with Crippen LogP contribution in [0.15, 0.2) is 51.4 Å². The summed E-state index contributed by atoms with van der Waals surface area (Å²) in [5.41, 5.74) is 2.12. The summed E-state index contributed by atoms with van der Waals surface area (Å²) in [4.78, 5) is 0. The minimum atomic E-state index is -0.221. The van der Waals surface area contributed by atoms with Crippen LogP contribution < -0.4 is 5.32 Å². The van der Waals surface area contributed by atoms with Gasteiger partial charge in [-0.2, -0.15) is 0 Å². The maximum absolute atomic E-state index is 13.3. The van der Waals surface area contributed by atoms with Gasteiger partial charge in [0.25, 0.3) is 0 Å². The Morgan fingerprint density at radius 3 is 2.58 bits per heavy atom. The van der Waals surface area contributed by atoms with Crippen LogP contribution in [-0.4, -0.2) is 0 Å². The molecule has 0 spiro atoms. The van der Waals surface area contributed by atoms with Crippen LogP contribution in [0.5, 0.6) is 0 Å². The molecule has 1 nitrogen and oxygen atoms in total. The first kappa shape index (κ1) is 14.7. The van der Waals surface area contributed by atoms with E-state index in [4.69, 9.17) is 0 Å². The zero-order chi connectivity index (χ0) is 13.8. The maximum Gasteiger partial charge on any atom is 0.124 e. The van der Waals surface area contributed by atoms with Crippen LogP contribution in [0.2, 0.25) is 0 Å². The first-order chi connectivity index (χ1) is 9.04. The molecule has 100 valence electrons. The van der Waals surface area contributed by atoms with Crippen molar-refractivity contribution in [2.24, 2.45) is 0 Å². The molecule has 0 unspecified atom stereocenters. The van der Waals surface area contributed by atoms with Crippen molar-refractivity contribution in [1.82, 2.24) is 5.32 Å². The predicted molar refractivity (Wildman–Crippen MR) is 83.5 cm³/mol. The van der Waals surface area contributed by atoms with E-state index in [0.717, 1.165) is 14.5 Å². The smallest absolute Gasteiger partial charge is 0.124 e. The molecule has 0 amide bonds. The van der Waals surface area contributed by atoms with Gasteiger partial charge in [-0.05, 0) is 48.4 Å². The van der Waals surface area contributed by atoms with E-state index >= 15 is 0 Å². The number of halogens is 3. The second-order valence-electron chi connectivity index (χ2n) is 4.44. The predicted octanol–water partition coefficient (Wildman–Crippen LogP) is 5.20. The molecule has 19 heavy (non-hydrogen) atoms. The van der Waals surface area contributed by atoms with Gasteiger partial charge in [-0.1, -0.05) is 44.0 Å². The average Bonchev–Trinajstić information content (AvgIpc) is 2.35. The molecule has 0 bridgehead atoms. The summed E-state index contributed by atoms with van der Waals surface area (Å²) in [7, 11) is 0. The Hall–Kier alpha value is -0.710. The fourth-order valence-electron chi connectivity index (χ4n) is 1.88. The Bertz CT molecular complexity index is 552. The van der Waals surface area contributed by atoms with E-state index in [1.54, 1.807) is 6.07 Å². The van der Waals surface area contributed by atoms with Gasteiger partial charge in [0.1, 0.15) is 5.82 Å². The van der Waals surface area contributed by atoms with E-state index in [0.29, 0.717) is 6.54 Å². The van der Waals surface area contributed by atoms with Crippen LogP contribution in [0.25, 0.3) is 0 Å². The SMILES string of the molecule is C[C@H](NCc1cc(F)cc(Br)c1)c1cccc(Br)c1. The first-order valence-electron chi connectivity index (χ1n) is 5.98. The largest absolute Gasteiger partial charge is 0.306 e. The van der Waals surface area contributed by atoms with Crippen molar-refractivity contribution in [3.8, 4) is 0 Å². The molecular weight excluding hydrogens is 373 g/mol. The Kier molecular flexibility index (Phi) is 5.13. The summed E-state index contributed by atoms with van der Waals surface area (Å²) in [5.74, 6) is -0.221. The van der Waals surface area contributed by atoms with Gasteiger partial charge in [0.15, 0.2) is 0 Å². The highest BCUT2D eigenvalue weighted by Crippen LogP contribution is 2.19. The molecule has 0 aliphatic carbocycles. The summed E-state index contributed by atoms with van der Waals surface area (Å²) in [6, 6.07) is 13.3. The highest BCUT2D eigenvalue weighted by molar-refractivity contribution is 9.10. The number of hydrogen-bond donors (Lipinski definition) is 1. The lowest BCUT2D eigenvalue weighted by molar-refractivity contribution is 0.569. The van der Waals surface area contributed by atoms with Crippen molar-refractivity contribution in [3.63, 3.8) is 0 Å². The van der Waals surface area contributed by atoms with E-state index in [1.165, 1.54) is 11.6 Å². The summed E-state index contributed by atoms with van der Waals surface area (Å²) in [5, 5.41) is 3.39. The van der Waals surface area contributed by atoms with Gasteiger partial charge in [-0.3, -0.25) is 0 Å². The fourth-order valence-corrected chi connectivity index (χ4v) is 2.81. The fraction of sp³-hybridized carbons (Fsp3) is 0.200. The van der Waals surface area contributed by atoms with Crippen molar-refractivity contribution in [1.29, 1.82) is 0 Å². The van der Waals surface area contributed by atoms with Crippen molar-refractivity contribution >= 4 is 31.9 Å². The molecule has 2 rings (SSSR count). The second kappa shape index (κ2) is 6.64. The average molecular weight is 387 g/mol. The standard InChI is InChI=1S/C15H14Br2FN/c1-10(12-3-2-4-13(16)7-12)19-9-11-5-14(17)8-15(18)6-11/h2-8,10,19H,9H2,1H3/t10-/m0/s1. The van der Waals surface area contributed by atoms with Crippen LogP contribution in [0.4, 0.5) is 4.39 Å². The lowest BCUT2D eigenvalue weighted by Gasteiger charge is -2.15. The lowest BCUT2D eigenvalue weighted by Crippen LogP contribution is -2.18. The topological polar surface area (TPSA) is 12.0 Å². The zero-order valence-corrected chi connectivity index (χ0v) is 13.6. The molecule has 2 aromatic carbocycles. The van der Waals surface area contributed by atoms with Gasteiger partial charge in [0.05, 0.1) is 0 Å². The Balaban J connectivity index is 2.02. The molecule has 0 aromatic heterocycles. The number of benzene rings is 2. The zero-order valence-electron chi connectivity index (χ0n) is 10.5. The molecule has 0 fully saturated rings. The van der Waals surface area contributed by atoms with Crippen LogP contribution >= 0.6 is 31.9 Å². The third kappa shape index (κ3) is 4.41.